The molecule has 0 aliphatic rings. The topological polar surface area (TPSA) is 35.2 Å². The molecule has 0 saturated heterocycles. The predicted molar refractivity (Wildman–Crippen MR) is 67.5 cm³/mol. The normalized spacial score (nSPS) is 10.3. The Morgan fingerprint density at radius 2 is 1.94 bits per heavy atom. The van der Waals surface area contributed by atoms with Gasteiger partial charge in [0.05, 0.1) is 7.11 Å². The molecule has 0 saturated carbocycles. The van der Waals surface area contributed by atoms with Gasteiger partial charge in [0.25, 0.3) is 0 Å². The Labute approximate surface area is 99.8 Å². The third kappa shape index (κ3) is 2.09. The van der Waals surface area contributed by atoms with Crippen molar-refractivity contribution < 1.29 is 9.13 Å². The SMILES string of the molecule is COc1cccc(-c2ccc(C)c(N)c2)c1F. The standard InChI is InChI=1S/C14H14FNO/c1-9-6-7-10(8-12(9)16)11-4-3-5-13(17-2)14(11)15/h3-8H,16H2,1-2H3. The fraction of sp³-hybridized carbons (Fsp3) is 0.143. The summed E-state index contributed by atoms with van der Waals surface area (Å²) in [5.74, 6) is -0.125. The Morgan fingerprint density at radius 3 is 2.59 bits per heavy atom. The van der Waals surface area contributed by atoms with Crippen LogP contribution >= 0.6 is 0 Å². The van der Waals surface area contributed by atoms with Crippen LogP contribution in [0.1, 0.15) is 5.56 Å². The molecule has 0 bridgehead atoms. The van der Waals surface area contributed by atoms with Crippen molar-refractivity contribution >= 4 is 5.69 Å². The van der Waals surface area contributed by atoms with E-state index in [1.54, 1.807) is 24.3 Å². The molecule has 2 N–H and O–H groups in total. The number of benzene rings is 2. The lowest BCUT2D eigenvalue weighted by Gasteiger charge is -2.09. The van der Waals surface area contributed by atoms with Gasteiger partial charge in [0.2, 0.25) is 0 Å². The van der Waals surface area contributed by atoms with Gasteiger partial charge in [-0.3, -0.25) is 0 Å². The number of nitrogen functional groups attached to an aromatic ring is 1. The van der Waals surface area contributed by atoms with Crippen LogP contribution in [-0.4, -0.2) is 7.11 Å². The maximum Gasteiger partial charge on any atom is 0.172 e. The van der Waals surface area contributed by atoms with Crippen LogP contribution in [0.2, 0.25) is 0 Å². The van der Waals surface area contributed by atoms with Gasteiger partial charge in [0, 0.05) is 11.3 Å². The molecule has 2 aromatic rings. The van der Waals surface area contributed by atoms with E-state index < -0.39 is 0 Å². The van der Waals surface area contributed by atoms with E-state index in [9.17, 15) is 4.39 Å². The summed E-state index contributed by atoms with van der Waals surface area (Å²) >= 11 is 0. The molecule has 0 atom stereocenters. The number of aryl methyl sites for hydroxylation is 1. The first-order chi connectivity index (χ1) is 8.13. The third-order valence-electron chi connectivity index (χ3n) is 2.77. The summed E-state index contributed by atoms with van der Waals surface area (Å²) in [6.45, 7) is 1.92. The number of methoxy groups -OCH3 is 1. The summed E-state index contributed by atoms with van der Waals surface area (Å²) in [5.41, 5.74) is 8.72. The molecule has 0 fully saturated rings. The van der Waals surface area contributed by atoms with Crippen LogP contribution in [0.5, 0.6) is 5.75 Å². The van der Waals surface area contributed by atoms with Crippen LogP contribution in [0, 0.1) is 12.7 Å². The van der Waals surface area contributed by atoms with E-state index in [-0.39, 0.29) is 11.6 Å². The minimum atomic E-state index is -0.363. The van der Waals surface area contributed by atoms with Crippen molar-refractivity contribution in [3.8, 4) is 16.9 Å². The van der Waals surface area contributed by atoms with Crippen molar-refractivity contribution in [3.05, 3.63) is 47.8 Å². The van der Waals surface area contributed by atoms with Crippen molar-refractivity contribution in [3.63, 3.8) is 0 Å². The van der Waals surface area contributed by atoms with E-state index in [1.807, 2.05) is 19.1 Å². The second-order valence-electron chi connectivity index (χ2n) is 3.89. The average Bonchev–Trinajstić information content (AvgIpc) is 2.33. The highest BCUT2D eigenvalue weighted by Gasteiger charge is 2.10. The Bertz CT molecular complexity index is 552. The van der Waals surface area contributed by atoms with Gasteiger partial charge in [0.1, 0.15) is 0 Å². The molecule has 17 heavy (non-hydrogen) atoms. The number of hydrogen-bond acceptors (Lipinski definition) is 2. The molecule has 0 radical (unpaired) electrons. The predicted octanol–water partition coefficient (Wildman–Crippen LogP) is 3.39. The maximum atomic E-state index is 14.0. The second-order valence-corrected chi connectivity index (χ2v) is 3.89. The monoisotopic (exact) mass is 231 g/mol. The summed E-state index contributed by atoms with van der Waals surface area (Å²) in [4.78, 5) is 0. The van der Waals surface area contributed by atoms with Crippen molar-refractivity contribution in [2.45, 2.75) is 6.92 Å². The number of rotatable bonds is 2. The van der Waals surface area contributed by atoms with E-state index in [2.05, 4.69) is 0 Å². The lowest BCUT2D eigenvalue weighted by Crippen LogP contribution is -1.93. The maximum absolute atomic E-state index is 14.0. The molecular weight excluding hydrogens is 217 g/mol. The molecule has 0 aliphatic carbocycles. The molecule has 0 aromatic heterocycles. The van der Waals surface area contributed by atoms with Crippen molar-refractivity contribution in [1.82, 2.24) is 0 Å². The Morgan fingerprint density at radius 1 is 1.18 bits per heavy atom. The Balaban J connectivity index is 2.56. The van der Waals surface area contributed by atoms with E-state index in [0.717, 1.165) is 11.1 Å². The minimum Gasteiger partial charge on any atom is -0.494 e. The van der Waals surface area contributed by atoms with Crippen LogP contribution in [0.4, 0.5) is 10.1 Å². The molecule has 0 unspecified atom stereocenters. The largest absolute Gasteiger partial charge is 0.494 e. The number of nitrogens with two attached hydrogens (primary N) is 1. The quantitative estimate of drug-likeness (QED) is 0.804. The first kappa shape index (κ1) is 11.5. The number of hydrogen-bond donors (Lipinski definition) is 1. The van der Waals surface area contributed by atoms with Gasteiger partial charge in [-0.2, -0.15) is 0 Å². The van der Waals surface area contributed by atoms with Gasteiger partial charge >= 0.3 is 0 Å². The zero-order chi connectivity index (χ0) is 12.4. The first-order valence-corrected chi connectivity index (χ1v) is 5.32. The second kappa shape index (κ2) is 4.45. The highest BCUT2D eigenvalue weighted by Crippen LogP contribution is 2.30. The third-order valence-corrected chi connectivity index (χ3v) is 2.77. The Hall–Kier alpha value is -2.03. The summed E-state index contributed by atoms with van der Waals surface area (Å²) in [7, 11) is 1.45. The van der Waals surface area contributed by atoms with E-state index in [1.165, 1.54) is 7.11 Å². The Kier molecular flexibility index (Phi) is 3.00. The summed E-state index contributed by atoms with van der Waals surface area (Å²) in [5, 5.41) is 0. The molecule has 88 valence electrons. The number of anilines is 1. The molecule has 0 aliphatic heterocycles. The lowest BCUT2D eigenvalue weighted by molar-refractivity contribution is 0.387. The van der Waals surface area contributed by atoms with Gasteiger partial charge in [0.15, 0.2) is 11.6 Å². The highest BCUT2D eigenvalue weighted by molar-refractivity contribution is 5.70. The molecule has 2 rings (SSSR count). The van der Waals surface area contributed by atoms with Gasteiger partial charge in [-0.05, 0) is 30.2 Å². The van der Waals surface area contributed by atoms with Gasteiger partial charge in [-0.1, -0.05) is 24.3 Å². The van der Waals surface area contributed by atoms with E-state index in [4.69, 9.17) is 10.5 Å². The molecule has 0 amide bonds. The van der Waals surface area contributed by atoms with Crippen LogP contribution in [0.25, 0.3) is 11.1 Å². The highest BCUT2D eigenvalue weighted by atomic mass is 19.1. The summed E-state index contributed by atoms with van der Waals surface area (Å²) in [6, 6.07) is 10.6. The van der Waals surface area contributed by atoms with Gasteiger partial charge in [-0.15, -0.1) is 0 Å². The van der Waals surface area contributed by atoms with Crippen molar-refractivity contribution in [2.75, 3.05) is 12.8 Å². The zero-order valence-corrected chi connectivity index (χ0v) is 9.83. The van der Waals surface area contributed by atoms with Gasteiger partial charge < -0.3 is 10.5 Å². The van der Waals surface area contributed by atoms with Crippen molar-refractivity contribution in [2.24, 2.45) is 0 Å². The van der Waals surface area contributed by atoms with Crippen LogP contribution in [-0.2, 0) is 0 Å². The van der Waals surface area contributed by atoms with Crippen LogP contribution in [0.3, 0.4) is 0 Å². The van der Waals surface area contributed by atoms with Crippen molar-refractivity contribution in [1.29, 1.82) is 0 Å². The molecule has 0 heterocycles. The average molecular weight is 231 g/mol. The van der Waals surface area contributed by atoms with E-state index >= 15 is 0 Å². The van der Waals surface area contributed by atoms with Crippen LogP contribution < -0.4 is 10.5 Å². The molecule has 0 spiro atoms. The zero-order valence-electron chi connectivity index (χ0n) is 9.83. The van der Waals surface area contributed by atoms with Crippen LogP contribution in [0.15, 0.2) is 36.4 Å². The fourth-order valence-corrected chi connectivity index (χ4v) is 1.70. The molecule has 2 aromatic carbocycles. The smallest absolute Gasteiger partial charge is 0.172 e. The van der Waals surface area contributed by atoms with Gasteiger partial charge in [-0.25, -0.2) is 4.39 Å². The lowest BCUT2D eigenvalue weighted by atomic mass is 10.0. The molecule has 2 nitrogen and oxygen atoms in total. The summed E-state index contributed by atoms with van der Waals surface area (Å²) < 4.78 is 19.0. The summed E-state index contributed by atoms with van der Waals surface area (Å²) in [6.07, 6.45) is 0. The molecular formula is C14H14FNO. The fourth-order valence-electron chi connectivity index (χ4n) is 1.70. The molecule has 3 heteroatoms. The first-order valence-electron chi connectivity index (χ1n) is 5.32. The minimum absolute atomic E-state index is 0.238. The van der Waals surface area contributed by atoms with E-state index in [0.29, 0.717) is 11.3 Å². The number of halogens is 1. The number of ether oxygens (including phenoxy) is 1.